The molecule has 2 heterocycles. The molecule has 0 saturated carbocycles. The first-order chi connectivity index (χ1) is 9.51. The summed E-state index contributed by atoms with van der Waals surface area (Å²) in [7, 11) is 0. The van der Waals surface area contributed by atoms with Crippen LogP contribution in [0.2, 0.25) is 0 Å². The van der Waals surface area contributed by atoms with Gasteiger partial charge in [-0.15, -0.1) is 0 Å². The maximum Gasteiger partial charge on any atom is 0.412 e. The Labute approximate surface area is 124 Å². The molecule has 2 aliphatic rings. The molecule has 0 aliphatic carbocycles. The number of nitrogens with one attached hydrogen (secondary N) is 1. The lowest BCUT2D eigenvalue weighted by Gasteiger charge is -2.36. The minimum Gasteiger partial charge on any atom is -0.444 e. The number of carbonyl (C=O) groups excluding carboxylic acids is 2. The summed E-state index contributed by atoms with van der Waals surface area (Å²) in [6, 6.07) is -0.683. The Morgan fingerprint density at radius 1 is 1.48 bits per heavy atom. The molecule has 0 aromatic rings. The van der Waals surface area contributed by atoms with Crippen LogP contribution in [0.25, 0.3) is 0 Å². The topological polar surface area (TPSA) is 88.1 Å². The van der Waals surface area contributed by atoms with E-state index in [0.29, 0.717) is 6.61 Å². The lowest BCUT2D eigenvalue weighted by atomic mass is 10.0. The van der Waals surface area contributed by atoms with Gasteiger partial charge in [-0.2, -0.15) is 0 Å². The Bertz CT molecular complexity index is 443. The number of aliphatic hydroxyl groups is 1. The van der Waals surface area contributed by atoms with Crippen molar-refractivity contribution in [2.24, 2.45) is 0 Å². The van der Waals surface area contributed by atoms with Gasteiger partial charge in [0.2, 0.25) is 5.91 Å². The maximum atomic E-state index is 12.5. The van der Waals surface area contributed by atoms with Crippen LogP contribution in [0.1, 0.15) is 41.0 Å². The zero-order chi connectivity index (χ0) is 16.0. The van der Waals surface area contributed by atoms with Crippen LogP contribution in [-0.4, -0.2) is 58.1 Å². The summed E-state index contributed by atoms with van der Waals surface area (Å²) in [5, 5.41) is 12.3. The first-order valence-corrected chi connectivity index (χ1v) is 7.16. The fraction of sp³-hybridized carbons (Fsp3) is 0.857. The molecule has 0 unspecified atom stereocenters. The van der Waals surface area contributed by atoms with Crippen molar-refractivity contribution in [1.29, 1.82) is 0 Å². The number of hydrogen-bond donors (Lipinski definition) is 2. The van der Waals surface area contributed by atoms with Crippen LogP contribution in [0.4, 0.5) is 4.79 Å². The molecule has 120 valence electrons. The van der Waals surface area contributed by atoms with Crippen LogP contribution in [0.5, 0.6) is 0 Å². The molecule has 2 N–H and O–H groups in total. The smallest absolute Gasteiger partial charge is 0.412 e. The van der Waals surface area contributed by atoms with Crippen LogP contribution in [0.3, 0.4) is 0 Å². The highest BCUT2D eigenvalue weighted by Gasteiger charge is 2.51. The van der Waals surface area contributed by atoms with Gasteiger partial charge in [-0.25, -0.2) is 4.79 Å². The van der Waals surface area contributed by atoms with Gasteiger partial charge >= 0.3 is 6.09 Å². The quantitative estimate of drug-likeness (QED) is 0.740. The van der Waals surface area contributed by atoms with Crippen LogP contribution >= 0.6 is 0 Å². The van der Waals surface area contributed by atoms with Gasteiger partial charge < -0.3 is 19.9 Å². The largest absolute Gasteiger partial charge is 0.444 e. The minimum absolute atomic E-state index is 0.266. The van der Waals surface area contributed by atoms with E-state index in [4.69, 9.17) is 9.47 Å². The molecular formula is C14H24N2O5. The zero-order valence-corrected chi connectivity index (χ0v) is 13.2. The van der Waals surface area contributed by atoms with E-state index in [-0.39, 0.29) is 18.5 Å². The van der Waals surface area contributed by atoms with Gasteiger partial charge in [0.1, 0.15) is 17.4 Å². The molecule has 3 atom stereocenters. The Balaban J connectivity index is 2.17. The van der Waals surface area contributed by atoms with Crippen LogP contribution in [0.15, 0.2) is 0 Å². The summed E-state index contributed by atoms with van der Waals surface area (Å²) in [4.78, 5) is 25.4. The molecule has 2 aliphatic heterocycles. The first kappa shape index (κ1) is 16.0. The molecule has 7 heteroatoms. The molecule has 0 aromatic carbocycles. The number of carbonyl (C=O) groups is 2. The van der Waals surface area contributed by atoms with E-state index in [1.54, 1.807) is 34.6 Å². The van der Waals surface area contributed by atoms with Crippen molar-refractivity contribution < 1.29 is 24.2 Å². The van der Waals surface area contributed by atoms with Crippen molar-refractivity contribution in [3.8, 4) is 0 Å². The van der Waals surface area contributed by atoms with Crippen molar-refractivity contribution in [1.82, 2.24) is 10.2 Å². The second-order valence-corrected chi connectivity index (χ2v) is 7.04. The fourth-order valence-electron chi connectivity index (χ4n) is 2.73. The van der Waals surface area contributed by atoms with Crippen molar-refractivity contribution in [3.05, 3.63) is 0 Å². The number of hydrogen-bond acceptors (Lipinski definition) is 5. The third kappa shape index (κ3) is 3.29. The van der Waals surface area contributed by atoms with Crippen LogP contribution in [-0.2, 0) is 14.3 Å². The predicted octanol–water partition coefficient (Wildman–Crippen LogP) is 0.608. The number of aliphatic hydroxyl groups excluding tert-OH is 1. The highest BCUT2D eigenvalue weighted by molar-refractivity contribution is 5.83. The van der Waals surface area contributed by atoms with E-state index in [1.807, 2.05) is 0 Å². The molecule has 0 bridgehead atoms. The van der Waals surface area contributed by atoms with Crippen molar-refractivity contribution in [2.75, 3.05) is 6.61 Å². The zero-order valence-electron chi connectivity index (χ0n) is 13.2. The van der Waals surface area contributed by atoms with Crippen molar-refractivity contribution in [2.45, 2.75) is 70.6 Å². The van der Waals surface area contributed by atoms with E-state index in [9.17, 15) is 14.7 Å². The molecule has 2 saturated heterocycles. The molecule has 0 spiro atoms. The normalized spacial score (nSPS) is 32.2. The summed E-state index contributed by atoms with van der Waals surface area (Å²) in [6.45, 7) is 9.25. The Morgan fingerprint density at radius 3 is 2.57 bits per heavy atom. The van der Waals surface area contributed by atoms with Gasteiger partial charge in [0, 0.05) is 6.42 Å². The van der Waals surface area contributed by atoms with E-state index < -0.39 is 29.4 Å². The van der Waals surface area contributed by atoms with Crippen molar-refractivity contribution >= 4 is 12.0 Å². The average Bonchev–Trinajstić information content (AvgIpc) is 2.77. The number of nitrogens with zero attached hydrogens (tertiary/aromatic N) is 1. The fourth-order valence-corrected chi connectivity index (χ4v) is 2.73. The molecule has 2 amide bonds. The van der Waals surface area contributed by atoms with Gasteiger partial charge in [0.15, 0.2) is 0 Å². The lowest BCUT2D eigenvalue weighted by Crippen LogP contribution is -2.55. The van der Waals surface area contributed by atoms with Gasteiger partial charge in [0.05, 0.1) is 18.7 Å². The molecule has 2 fully saturated rings. The Hall–Kier alpha value is -1.34. The van der Waals surface area contributed by atoms with E-state index in [0.717, 1.165) is 0 Å². The lowest BCUT2D eigenvalue weighted by molar-refractivity contribution is -0.126. The monoisotopic (exact) mass is 300 g/mol. The summed E-state index contributed by atoms with van der Waals surface area (Å²) in [5.41, 5.74) is -1.43. The minimum atomic E-state index is -1.03. The highest BCUT2D eigenvalue weighted by atomic mass is 16.6. The van der Waals surface area contributed by atoms with E-state index >= 15 is 0 Å². The number of amides is 2. The average molecular weight is 300 g/mol. The van der Waals surface area contributed by atoms with Gasteiger partial charge in [-0.3, -0.25) is 9.69 Å². The molecule has 21 heavy (non-hydrogen) atoms. The van der Waals surface area contributed by atoms with Crippen LogP contribution in [0, 0.1) is 0 Å². The SMILES string of the molecule is CC(C)(C)OC(=O)N1[C@H]([C@H]2C[C@@H](O)C(=O)N2)COC1(C)C. The molecular weight excluding hydrogens is 276 g/mol. The Kier molecular flexibility index (Phi) is 3.92. The van der Waals surface area contributed by atoms with Crippen LogP contribution < -0.4 is 5.32 Å². The second-order valence-electron chi connectivity index (χ2n) is 7.04. The highest BCUT2D eigenvalue weighted by Crippen LogP contribution is 2.32. The third-order valence-corrected chi connectivity index (χ3v) is 3.68. The summed E-state index contributed by atoms with van der Waals surface area (Å²) >= 11 is 0. The van der Waals surface area contributed by atoms with E-state index in [1.165, 1.54) is 4.90 Å². The third-order valence-electron chi connectivity index (χ3n) is 3.68. The van der Waals surface area contributed by atoms with Gasteiger partial charge in [-0.1, -0.05) is 0 Å². The summed E-state index contributed by atoms with van der Waals surface area (Å²) in [6.07, 6.45) is -1.24. The van der Waals surface area contributed by atoms with Gasteiger partial charge in [0.25, 0.3) is 0 Å². The van der Waals surface area contributed by atoms with E-state index in [2.05, 4.69) is 5.32 Å². The predicted molar refractivity (Wildman–Crippen MR) is 74.4 cm³/mol. The second kappa shape index (κ2) is 5.14. The summed E-state index contributed by atoms with van der Waals surface area (Å²) < 4.78 is 11.1. The first-order valence-electron chi connectivity index (χ1n) is 7.16. The number of rotatable bonds is 1. The maximum absolute atomic E-state index is 12.5. The molecule has 7 nitrogen and oxygen atoms in total. The summed E-state index contributed by atoms with van der Waals surface area (Å²) in [5.74, 6) is -0.408. The number of ether oxygens (including phenoxy) is 2. The molecule has 0 aromatic heterocycles. The molecule has 0 radical (unpaired) electrons. The van der Waals surface area contributed by atoms with Crippen molar-refractivity contribution in [3.63, 3.8) is 0 Å². The Morgan fingerprint density at radius 2 is 2.10 bits per heavy atom. The molecule has 2 rings (SSSR count). The van der Waals surface area contributed by atoms with Gasteiger partial charge in [-0.05, 0) is 34.6 Å². The standard InChI is InChI=1S/C14H24N2O5/c1-13(2,3)21-12(19)16-9(7-20-14(16,4)5)8-6-10(17)11(18)15-8/h8-10,17H,6-7H2,1-5H3,(H,15,18)/t8-,9+,10-/m1/s1.